The van der Waals surface area contributed by atoms with Crippen LogP contribution in [-0.2, 0) is 0 Å². The Balaban J connectivity index is 3.74. The van der Waals surface area contributed by atoms with Crippen LogP contribution in [0.15, 0.2) is 6.07 Å². The summed E-state index contributed by atoms with van der Waals surface area (Å²) < 4.78 is 0. The Kier molecular flexibility index (Phi) is 2.29. The molecular weight excluding hydrogens is 176 g/mol. The number of hydrogen-bond acceptors (Lipinski definition) is 2. The maximum atomic E-state index is 9.44. The van der Waals surface area contributed by atoms with Gasteiger partial charge in [0.05, 0.1) is 0 Å². The molecular formula is C9H9ClO2. The number of halogens is 1. The molecule has 0 spiro atoms. The molecule has 0 heterocycles. The molecule has 0 aliphatic carbocycles. The summed E-state index contributed by atoms with van der Waals surface area (Å²) in [5, 5.41) is 19.5. The van der Waals surface area contributed by atoms with Crippen LogP contribution in [-0.4, -0.2) is 10.2 Å². The second-order valence-electron chi connectivity index (χ2n) is 2.55. The summed E-state index contributed by atoms with van der Waals surface area (Å²) in [7, 11) is 0. The van der Waals surface area contributed by atoms with Crippen LogP contribution in [0.25, 0.3) is 12.1 Å². The average molecular weight is 185 g/mol. The zero-order chi connectivity index (χ0) is 9.30. The molecule has 0 saturated heterocycles. The first-order chi connectivity index (χ1) is 5.57. The third-order valence-electron chi connectivity index (χ3n) is 1.80. The normalized spacial score (nSPS) is 12.0. The van der Waals surface area contributed by atoms with E-state index in [4.69, 9.17) is 11.6 Å². The lowest BCUT2D eigenvalue weighted by Gasteiger charge is -2.01. The zero-order valence-corrected chi connectivity index (χ0v) is 7.39. The van der Waals surface area contributed by atoms with Gasteiger partial charge in [-0.1, -0.05) is 18.2 Å². The number of phenols is 2. The van der Waals surface area contributed by atoms with Crippen LogP contribution >= 0.6 is 11.6 Å². The summed E-state index contributed by atoms with van der Waals surface area (Å²) in [6, 6.07) is 1.37. The second-order valence-corrected chi connectivity index (χ2v) is 2.76. The van der Waals surface area contributed by atoms with Crippen molar-refractivity contribution in [3.8, 4) is 11.5 Å². The minimum Gasteiger partial charge on any atom is -0.507 e. The number of benzene rings is 1. The van der Waals surface area contributed by atoms with Crippen molar-refractivity contribution in [1.29, 1.82) is 0 Å². The highest BCUT2D eigenvalue weighted by Gasteiger charge is 2.02. The SMILES string of the molecule is C=c1c(O)cc(=CCl)c(O)c1C. The van der Waals surface area contributed by atoms with E-state index in [2.05, 4.69) is 6.58 Å². The second kappa shape index (κ2) is 3.07. The molecule has 0 saturated carbocycles. The maximum absolute atomic E-state index is 9.44. The van der Waals surface area contributed by atoms with Gasteiger partial charge in [0.1, 0.15) is 11.5 Å². The molecule has 0 aliphatic rings. The van der Waals surface area contributed by atoms with E-state index >= 15 is 0 Å². The molecule has 0 bridgehead atoms. The van der Waals surface area contributed by atoms with Crippen molar-refractivity contribution in [2.75, 3.05) is 0 Å². The topological polar surface area (TPSA) is 40.5 Å². The van der Waals surface area contributed by atoms with Gasteiger partial charge in [-0.3, -0.25) is 0 Å². The molecule has 0 aromatic heterocycles. The van der Waals surface area contributed by atoms with Gasteiger partial charge in [0.15, 0.2) is 0 Å². The molecule has 0 atom stereocenters. The number of aromatic hydroxyl groups is 2. The van der Waals surface area contributed by atoms with E-state index in [1.54, 1.807) is 6.92 Å². The monoisotopic (exact) mass is 184 g/mol. The van der Waals surface area contributed by atoms with Crippen LogP contribution in [0.1, 0.15) is 5.56 Å². The number of hydrogen-bond donors (Lipinski definition) is 2. The average Bonchev–Trinajstić information content (AvgIpc) is 2.08. The van der Waals surface area contributed by atoms with E-state index in [0.717, 1.165) is 0 Å². The molecule has 0 fully saturated rings. The van der Waals surface area contributed by atoms with Crippen LogP contribution in [0.2, 0.25) is 0 Å². The first kappa shape index (κ1) is 8.94. The third-order valence-corrected chi connectivity index (χ3v) is 2.04. The Labute approximate surface area is 75.0 Å². The van der Waals surface area contributed by atoms with Crippen molar-refractivity contribution < 1.29 is 10.2 Å². The van der Waals surface area contributed by atoms with Crippen molar-refractivity contribution in [3.63, 3.8) is 0 Å². The lowest BCUT2D eigenvalue weighted by Crippen LogP contribution is -2.12. The molecule has 1 rings (SSSR count). The summed E-state index contributed by atoms with van der Waals surface area (Å²) in [4.78, 5) is 0. The van der Waals surface area contributed by atoms with Crippen molar-refractivity contribution in [1.82, 2.24) is 0 Å². The summed E-state index contributed by atoms with van der Waals surface area (Å²) >= 11 is 5.41. The van der Waals surface area contributed by atoms with Gasteiger partial charge in [-0.15, -0.1) is 0 Å². The Hall–Kier alpha value is -1.15. The van der Waals surface area contributed by atoms with Crippen LogP contribution in [0.4, 0.5) is 0 Å². The lowest BCUT2D eigenvalue weighted by molar-refractivity contribution is 0.449. The zero-order valence-electron chi connectivity index (χ0n) is 6.63. The predicted octanol–water partition coefficient (Wildman–Crippen LogP) is 0.793. The van der Waals surface area contributed by atoms with E-state index in [0.29, 0.717) is 16.0 Å². The van der Waals surface area contributed by atoms with Crippen LogP contribution < -0.4 is 10.4 Å². The van der Waals surface area contributed by atoms with E-state index < -0.39 is 0 Å². The quantitative estimate of drug-likeness (QED) is 0.586. The van der Waals surface area contributed by atoms with Gasteiger partial charge < -0.3 is 10.2 Å². The van der Waals surface area contributed by atoms with E-state index in [-0.39, 0.29) is 11.5 Å². The standard InChI is InChI=1S/C9H9ClO2/c1-5-6(2)9(12)7(4-10)3-8(5)11/h3-4,11-12H,1H2,2H3. The molecule has 1 aromatic rings. The molecule has 0 aliphatic heterocycles. The molecule has 64 valence electrons. The Morgan fingerprint density at radius 3 is 2.58 bits per heavy atom. The molecule has 2 N–H and O–H groups in total. The fourth-order valence-corrected chi connectivity index (χ4v) is 1.10. The molecule has 0 amide bonds. The highest BCUT2D eigenvalue weighted by molar-refractivity contribution is 6.38. The first-order valence-electron chi connectivity index (χ1n) is 3.39. The van der Waals surface area contributed by atoms with Gasteiger partial charge in [-0.2, -0.15) is 0 Å². The fourth-order valence-electron chi connectivity index (χ4n) is 0.937. The van der Waals surface area contributed by atoms with Gasteiger partial charge in [0, 0.05) is 21.5 Å². The summed E-state index contributed by atoms with van der Waals surface area (Å²) in [5.41, 5.74) is 1.75. The van der Waals surface area contributed by atoms with Crippen molar-refractivity contribution >= 4 is 23.7 Å². The summed E-state index contributed by atoms with van der Waals surface area (Å²) in [6.07, 6.45) is 0. The van der Waals surface area contributed by atoms with Crippen molar-refractivity contribution in [3.05, 3.63) is 22.1 Å². The molecule has 2 nitrogen and oxygen atoms in total. The van der Waals surface area contributed by atoms with Crippen LogP contribution in [0, 0.1) is 6.92 Å². The minimum absolute atomic E-state index is 0.0391. The number of rotatable bonds is 0. The third kappa shape index (κ3) is 1.25. The van der Waals surface area contributed by atoms with Crippen LogP contribution in [0.3, 0.4) is 0 Å². The van der Waals surface area contributed by atoms with Gasteiger partial charge >= 0.3 is 0 Å². The van der Waals surface area contributed by atoms with Gasteiger partial charge in [-0.25, -0.2) is 0 Å². The molecule has 3 heteroatoms. The van der Waals surface area contributed by atoms with E-state index in [1.807, 2.05) is 0 Å². The van der Waals surface area contributed by atoms with Gasteiger partial charge in [-0.05, 0) is 13.0 Å². The minimum atomic E-state index is 0.0391. The van der Waals surface area contributed by atoms with E-state index in [1.165, 1.54) is 11.6 Å². The predicted molar refractivity (Wildman–Crippen MR) is 49.6 cm³/mol. The largest absolute Gasteiger partial charge is 0.507 e. The molecule has 12 heavy (non-hydrogen) atoms. The molecule has 0 radical (unpaired) electrons. The maximum Gasteiger partial charge on any atom is 0.127 e. The Morgan fingerprint density at radius 2 is 2.08 bits per heavy atom. The van der Waals surface area contributed by atoms with E-state index in [9.17, 15) is 10.2 Å². The van der Waals surface area contributed by atoms with Gasteiger partial charge in [0.25, 0.3) is 0 Å². The van der Waals surface area contributed by atoms with Crippen LogP contribution in [0.5, 0.6) is 11.5 Å². The Morgan fingerprint density at radius 1 is 1.50 bits per heavy atom. The first-order valence-corrected chi connectivity index (χ1v) is 3.82. The summed E-state index contributed by atoms with van der Waals surface area (Å²) in [6.45, 7) is 5.26. The highest BCUT2D eigenvalue weighted by Crippen LogP contribution is 2.09. The molecule has 1 aromatic carbocycles. The Bertz CT molecular complexity index is 410. The van der Waals surface area contributed by atoms with Crippen molar-refractivity contribution in [2.45, 2.75) is 6.92 Å². The lowest BCUT2D eigenvalue weighted by atomic mass is 10.1. The fraction of sp³-hybridized carbons (Fsp3) is 0.111. The number of phenolic OH excluding ortho intramolecular Hbond substituents is 2. The van der Waals surface area contributed by atoms with Crippen molar-refractivity contribution in [2.24, 2.45) is 0 Å². The smallest absolute Gasteiger partial charge is 0.127 e. The highest BCUT2D eigenvalue weighted by atomic mass is 35.5. The molecule has 0 unspecified atom stereocenters. The van der Waals surface area contributed by atoms with Gasteiger partial charge in [0.2, 0.25) is 0 Å². The summed E-state index contributed by atoms with van der Waals surface area (Å²) in [5.74, 6) is 0.102.